The molecule has 0 unspecified atom stereocenters. The van der Waals surface area contributed by atoms with Crippen LogP contribution in [-0.4, -0.2) is 28.1 Å². The van der Waals surface area contributed by atoms with Crippen LogP contribution in [0.15, 0.2) is 59.4 Å². The number of ether oxygens (including phenoxy) is 1. The topological polar surface area (TPSA) is 88.8 Å². The van der Waals surface area contributed by atoms with E-state index in [-0.39, 0.29) is 13.2 Å². The summed E-state index contributed by atoms with van der Waals surface area (Å²) in [6, 6.07) is 16.4. The quantitative estimate of drug-likeness (QED) is 0.681. The van der Waals surface area contributed by atoms with Crippen molar-refractivity contribution in [2.45, 2.75) is 6.54 Å². The molecule has 0 saturated heterocycles. The zero-order chi connectivity index (χ0) is 18.0. The smallest absolute Gasteiger partial charge is 0.361 e. The van der Waals surface area contributed by atoms with Gasteiger partial charge in [0.05, 0.1) is 12.3 Å². The minimum atomic E-state index is -4.64. The van der Waals surface area contributed by atoms with Gasteiger partial charge in [0.25, 0.3) is 5.56 Å². The summed E-state index contributed by atoms with van der Waals surface area (Å²) >= 11 is 0. The van der Waals surface area contributed by atoms with Gasteiger partial charge in [-0.05, 0) is 34.5 Å². The molecule has 1 heterocycles. The Hall–Kier alpha value is -2.24. The molecule has 0 fully saturated rings. The maximum Gasteiger partial charge on any atom is 0.361 e. The van der Waals surface area contributed by atoms with Crippen LogP contribution in [-0.2, 0) is 15.8 Å². The molecule has 25 heavy (non-hydrogen) atoms. The molecule has 0 atom stereocenters. The minimum absolute atomic E-state index is 0.200. The largest absolute Gasteiger partial charge is 0.383 e. The second-order valence-corrected chi connectivity index (χ2v) is 7.23. The van der Waals surface area contributed by atoms with Gasteiger partial charge in [-0.25, -0.2) is 0 Å². The van der Waals surface area contributed by atoms with Gasteiger partial charge in [0.1, 0.15) is 5.30 Å². The lowest BCUT2D eigenvalue weighted by Crippen LogP contribution is -2.35. The number of nitrogens with zero attached hydrogens (tertiary/aromatic N) is 1. The van der Waals surface area contributed by atoms with E-state index in [0.29, 0.717) is 5.69 Å². The van der Waals surface area contributed by atoms with Crippen molar-refractivity contribution >= 4 is 23.7 Å². The number of pyridine rings is 1. The van der Waals surface area contributed by atoms with Crippen LogP contribution in [0.5, 0.6) is 0 Å². The first-order chi connectivity index (χ1) is 11.9. The molecule has 3 aromatic rings. The molecular formula is C18H18NO5P. The fraction of sp³-hybridized carbons (Fsp3) is 0.167. The molecule has 0 amide bonds. The fourth-order valence-electron chi connectivity index (χ4n) is 2.79. The summed E-state index contributed by atoms with van der Waals surface area (Å²) in [5.41, 5.74) is 0.685. The van der Waals surface area contributed by atoms with Crippen LogP contribution in [0, 0.1) is 0 Å². The monoisotopic (exact) mass is 359 g/mol. The average molecular weight is 359 g/mol. The van der Waals surface area contributed by atoms with Gasteiger partial charge in [-0.15, -0.1) is 0 Å². The van der Waals surface area contributed by atoms with E-state index in [2.05, 4.69) is 0 Å². The van der Waals surface area contributed by atoms with Gasteiger partial charge in [0.2, 0.25) is 0 Å². The lowest BCUT2D eigenvalue weighted by molar-refractivity contribution is 0.186. The Morgan fingerprint density at radius 3 is 2.44 bits per heavy atom. The highest BCUT2D eigenvalue weighted by molar-refractivity contribution is 7.60. The molecule has 6 nitrogen and oxygen atoms in total. The van der Waals surface area contributed by atoms with Gasteiger partial charge in [-0.1, -0.05) is 36.4 Å². The second-order valence-electron chi connectivity index (χ2n) is 5.66. The van der Waals surface area contributed by atoms with Crippen LogP contribution in [0.2, 0.25) is 0 Å². The van der Waals surface area contributed by atoms with Gasteiger partial charge < -0.3 is 19.1 Å². The highest BCUT2D eigenvalue weighted by Crippen LogP contribution is 2.32. The standard InChI is InChI=1S/C18H18NO5P/c1-24-11-10-19-16(8-9-17(18(19)20)25(21,22)23)15-7-6-13-4-2-3-5-14(13)12-15/h2-9,12H,10-11H2,1H3,(H2,21,22,23). The molecule has 0 bridgehead atoms. The Balaban J connectivity index is 2.21. The van der Waals surface area contributed by atoms with Crippen LogP contribution in [0.4, 0.5) is 0 Å². The molecule has 2 N–H and O–H groups in total. The minimum Gasteiger partial charge on any atom is -0.383 e. The van der Waals surface area contributed by atoms with Crippen LogP contribution in [0.1, 0.15) is 0 Å². The highest BCUT2D eigenvalue weighted by atomic mass is 31.2. The van der Waals surface area contributed by atoms with Gasteiger partial charge in [-0.2, -0.15) is 0 Å². The number of methoxy groups -OCH3 is 1. The third kappa shape index (κ3) is 3.57. The van der Waals surface area contributed by atoms with Crippen molar-refractivity contribution in [3.63, 3.8) is 0 Å². The first-order valence-corrected chi connectivity index (χ1v) is 9.31. The molecule has 0 aliphatic carbocycles. The summed E-state index contributed by atoms with van der Waals surface area (Å²) in [7, 11) is -3.13. The summed E-state index contributed by atoms with van der Waals surface area (Å²) in [5, 5.41) is 1.59. The molecular weight excluding hydrogens is 341 g/mol. The predicted octanol–water partition coefficient (Wildman–Crippen LogP) is 2.12. The first kappa shape index (κ1) is 17.6. The van der Waals surface area contributed by atoms with Crippen LogP contribution < -0.4 is 10.9 Å². The van der Waals surface area contributed by atoms with Gasteiger partial charge >= 0.3 is 7.60 Å². The summed E-state index contributed by atoms with van der Waals surface area (Å²) in [6.07, 6.45) is 0. The van der Waals surface area contributed by atoms with E-state index in [4.69, 9.17) is 4.74 Å². The van der Waals surface area contributed by atoms with Gasteiger partial charge in [-0.3, -0.25) is 9.36 Å². The van der Waals surface area contributed by atoms with E-state index < -0.39 is 18.5 Å². The molecule has 0 radical (unpaired) electrons. The second kappa shape index (κ2) is 6.94. The number of fused-ring (bicyclic) bond motifs is 1. The fourth-order valence-corrected chi connectivity index (χ4v) is 3.43. The van der Waals surface area contributed by atoms with E-state index in [9.17, 15) is 19.1 Å². The maximum absolute atomic E-state index is 12.6. The summed E-state index contributed by atoms with van der Waals surface area (Å²) in [6.45, 7) is 0.455. The number of aromatic nitrogens is 1. The van der Waals surface area contributed by atoms with Crippen molar-refractivity contribution in [2.24, 2.45) is 0 Å². The molecule has 130 valence electrons. The Bertz CT molecular complexity index is 1020. The first-order valence-electron chi connectivity index (χ1n) is 7.70. The van der Waals surface area contributed by atoms with E-state index in [1.807, 2.05) is 42.5 Å². The summed E-state index contributed by atoms with van der Waals surface area (Å²) < 4.78 is 17.9. The lowest BCUT2D eigenvalue weighted by Gasteiger charge is -2.15. The van der Waals surface area contributed by atoms with Crippen molar-refractivity contribution in [1.29, 1.82) is 0 Å². The Morgan fingerprint density at radius 2 is 1.76 bits per heavy atom. The lowest BCUT2D eigenvalue weighted by atomic mass is 10.0. The van der Waals surface area contributed by atoms with Crippen LogP contribution >= 0.6 is 7.60 Å². The normalized spacial score (nSPS) is 11.8. The van der Waals surface area contributed by atoms with Crippen molar-refractivity contribution in [3.05, 3.63) is 65.0 Å². The summed E-state index contributed by atoms with van der Waals surface area (Å²) in [4.78, 5) is 31.4. The zero-order valence-electron chi connectivity index (χ0n) is 13.6. The van der Waals surface area contributed by atoms with E-state index in [0.717, 1.165) is 16.3 Å². The number of rotatable bonds is 5. The number of hydrogen-bond acceptors (Lipinski definition) is 3. The molecule has 0 saturated carbocycles. The highest BCUT2D eigenvalue weighted by Gasteiger charge is 2.24. The Labute approximate surface area is 144 Å². The van der Waals surface area contributed by atoms with Crippen LogP contribution in [0.25, 0.3) is 22.0 Å². The number of benzene rings is 2. The van der Waals surface area contributed by atoms with Crippen molar-refractivity contribution in [1.82, 2.24) is 4.57 Å². The van der Waals surface area contributed by atoms with Crippen LogP contribution in [0.3, 0.4) is 0 Å². The molecule has 3 rings (SSSR count). The van der Waals surface area contributed by atoms with Crippen molar-refractivity contribution in [2.75, 3.05) is 13.7 Å². The SMILES string of the molecule is COCCn1c(-c2ccc3ccccc3c2)ccc(P(=O)(O)O)c1=O. The number of hydrogen-bond donors (Lipinski definition) is 2. The molecule has 0 spiro atoms. The average Bonchev–Trinajstić information content (AvgIpc) is 2.59. The Morgan fingerprint density at radius 1 is 1.04 bits per heavy atom. The molecule has 2 aromatic carbocycles. The van der Waals surface area contributed by atoms with E-state index in [1.54, 1.807) is 6.07 Å². The zero-order valence-corrected chi connectivity index (χ0v) is 14.5. The molecule has 0 aliphatic rings. The third-order valence-electron chi connectivity index (χ3n) is 4.03. The van der Waals surface area contributed by atoms with Gasteiger partial charge in [0.15, 0.2) is 0 Å². The van der Waals surface area contributed by atoms with E-state index >= 15 is 0 Å². The van der Waals surface area contributed by atoms with Crippen molar-refractivity contribution < 1.29 is 19.1 Å². The van der Waals surface area contributed by atoms with E-state index in [1.165, 1.54) is 17.7 Å². The Kier molecular flexibility index (Phi) is 4.88. The van der Waals surface area contributed by atoms with Crippen molar-refractivity contribution in [3.8, 4) is 11.3 Å². The maximum atomic E-state index is 12.6. The molecule has 0 aliphatic heterocycles. The third-order valence-corrected chi connectivity index (χ3v) is 5.00. The summed E-state index contributed by atoms with van der Waals surface area (Å²) in [5.74, 6) is 0. The van der Waals surface area contributed by atoms with Gasteiger partial charge in [0, 0.05) is 13.7 Å². The molecule has 7 heteroatoms. The predicted molar refractivity (Wildman–Crippen MR) is 97.2 cm³/mol. The molecule has 1 aromatic heterocycles.